The fraction of sp³-hybridized carbons (Fsp3) is 0.107. The fourth-order valence-corrected chi connectivity index (χ4v) is 4.85. The molecule has 192 valence electrons. The number of carbonyl (C=O) groups excluding carboxylic acids is 1. The average molecular weight is 531 g/mol. The smallest absolute Gasteiger partial charge is 0.265 e. The third-order valence-corrected chi connectivity index (χ3v) is 6.48. The molecular weight excluding hydrogens is 508 g/mol. The van der Waals surface area contributed by atoms with Crippen LogP contribution in [0.2, 0.25) is 0 Å². The summed E-state index contributed by atoms with van der Waals surface area (Å²) in [5.74, 6) is -0.0606. The zero-order valence-electron chi connectivity index (χ0n) is 20.0. The summed E-state index contributed by atoms with van der Waals surface area (Å²) >= 11 is 0. The molecule has 5 aromatic rings. The van der Waals surface area contributed by atoms with Crippen molar-refractivity contribution in [3.05, 3.63) is 126 Å². The molecule has 10 heteroatoms. The lowest BCUT2D eigenvalue weighted by atomic mass is 10.0. The first-order valence-corrected chi connectivity index (χ1v) is 13.0. The quantitative estimate of drug-likeness (QED) is 0.319. The zero-order valence-corrected chi connectivity index (χ0v) is 20.8. The first-order valence-electron chi connectivity index (χ1n) is 11.8. The monoisotopic (exact) mass is 530 g/mol. The highest BCUT2D eigenvalue weighted by Gasteiger charge is 2.37. The van der Waals surface area contributed by atoms with E-state index in [0.29, 0.717) is 5.56 Å². The van der Waals surface area contributed by atoms with Crippen LogP contribution in [0.1, 0.15) is 33.6 Å². The lowest BCUT2D eigenvalue weighted by Gasteiger charge is -2.20. The number of amides is 1. The number of hydrogen-bond donors (Lipinski definition) is 1. The van der Waals surface area contributed by atoms with E-state index in [0.717, 1.165) is 28.4 Å². The minimum Gasteiger partial charge on any atom is -0.342 e. The molecule has 0 bridgehead atoms. The number of para-hydroxylation sites is 1. The maximum atomic E-state index is 13.5. The Hall–Kier alpha value is -4.12. The van der Waals surface area contributed by atoms with Gasteiger partial charge in [-0.2, -0.15) is 0 Å². The number of aromatic nitrogens is 3. The molecule has 0 fully saturated rings. The lowest BCUT2D eigenvalue weighted by Crippen LogP contribution is -2.68. The lowest BCUT2D eigenvalue weighted by molar-refractivity contribution is -2.00. The first kappa shape index (κ1) is 25.5. The average Bonchev–Trinajstić information content (AvgIpc) is 3.53. The Kier molecular flexibility index (Phi) is 7.19. The molecule has 6 rings (SSSR count). The normalized spacial score (nSPS) is 16.4. The minimum atomic E-state index is -4.94. The van der Waals surface area contributed by atoms with Crippen LogP contribution < -0.4 is 28.5 Å². The van der Waals surface area contributed by atoms with Gasteiger partial charge in [0.2, 0.25) is 6.33 Å². The van der Waals surface area contributed by atoms with Crippen LogP contribution in [0.3, 0.4) is 0 Å². The van der Waals surface area contributed by atoms with Gasteiger partial charge < -0.3 is 5.32 Å². The number of hydrogen-bond acceptors (Lipinski definition) is 6. The number of nitrogens with one attached hydrogen (secondary N) is 1. The van der Waals surface area contributed by atoms with Crippen molar-refractivity contribution in [2.45, 2.75) is 18.5 Å². The van der Waals surface area contributed by atoms with Crippen LogP contribution in [0.15, 0.2) is 110 Å². The van der Waals surface area contributed by atoms with Crippen molar-refractivity contribution in [3.8, 4) is 5.69 Å². The molecule has 1 heterocycles. The van der Waals surface area contributed by atoms with Crippen LogP contribution in [0.5, 0.6) is 0 Å². The zero-order chi connectivity index (χ0) is 26.7. The van der Waals surface area contributed by atoms with Crippen LogP contribution in [-0.2, 0) is 6.42 Å². The molecule has 0 spiro atoms. The Morgan fingerprint density at radius 1 is 0.868 bits per heavy atom. The fourth-order valence-electron chi connectivity index (χ4n) is 4.85. The predicted octanol–water partition coefficient (Wildman–Crippen LogP) is -0.174. The van der Waals surface area contributed by atoms with Gasteiger partial charge in [0.05, 0.1) is 6.04 Å². The first-order chi connectivity index (χ1) is 18.3. The minimum absolute atomic E-state index is 0.0405. The third-order valence-electron chi connectivity index (χ3n) is 6.48. The molecule has 38 heavy (non-hydrogen) atoms. The summed E-state index contributed by atoms with van der Waals surface area (Å²) in [5, 5.41) is 9.94. The van der Waals surface area contributed by atoms with Gasteiger partial charge in [-0.25, -0.2) is 23.2 Å². The number of nitrogens with zero attached hydrogens (tertiary/aromatic N) is 3. The predicted molar refractivity (Wildman–Crippen MR) is 127 cm³/mol. The summed E-state index contributed by atoms with van der Waals surface area (Å²) in [7, 11) is -4.94. The largest absolute Gasteiger partial charge is 0.342 e. The number of fused-ring (bicyclic) bond motifs is 2. The summed E-state index contributed by atoms with van der Waals surface area (Å²) in [4.78, 5) is 13.5. The second-order valence-electron chi connectivity index (χ2n) is 8.80. The van der Waals surface area contributed by atoms with Crippen LogP contribution in [0.4, 0.5) is 0 Å². The van der Waals surface area contributed by atoms with Gasteiger partial charge >= 0.3 is 0 Å². The van der Waals surface area contributed by atoms with E-state index in [1.165, 1.54) is 5.56 Å². The van der Waals surface area contributed by atoms with Crippen molar-refractivity contribution < 1.29 is 38.2 Å². The Bertz CT molecular complexity index is 1560. The van der Waals surface area contributed by atoms with E-state index in [-0.39, 0.29) is 18.0 Å². The van der Waals surface area contributed by atoms with Crippen molar-refractivity contribution >= 4 is 16.7 Å². The molecule has 1 unspecified atom stereocenters. The molecule has 1 aliphatic carbocycles. The van der Waals surface area contributed by atoms with Gasteiger partial charge in [-0.15, -0.1) is 10.2 Å². The van der Waals surface area contributed by atoms with Crippen LogP contribution >= 0.6 is 0 Å². The SMILES string of the molecule is O=C(N[C@@H]1c2ccccc2CC1[n+]1cnn(-c2ccccc2)c1)c1cccc2ccccc12.[O-][Cl+3]([O-])([O-])[O-]. The summed E-state index contributed by atoms with van der Waals surface area (Å²) < 4.78 is 38.0. The maximum Gasteiger partial charge on any atom is 0.265 e. The van der Waals surface area contributed by atoms with Crippen LogP contribution in [0, 0.1) is 10.2 Å². The second-order valence-corrected chi connectivity index (χ2v) is 9.56. The van der Waals surface area contributed by atoms with Gasteiger partial charge in [-0.1, -0.05) is 83.5 Å². The highest BCUT2D eigenvalue weighted by atomic mass is 35.7. The van der Waals surface area contributed by atoms with Gasteiger partial charge in [0.1, 0.15) is 11.7 Å². The van der Waals surface area contributed by atoms with Gasteiger partial charge in [-0.05, 0) is 40.1 Å². The Labute approximate surface area is 220 Å². The molecule has 0 saturated heterocycles. The number of carbonyl (C=O) groups is 1. The standard InChI is InChI=1S/C28H22N4O.ClHO4/c33-28(25-16-8-11-20-9-4-6-14-23(20)25)30-27-24-15-7-5-10-21(24)17-26(27)31-18-29-32(19-31)22-12-2-1-3-13-22;2-1(3,4)5/h1-16,18-19,26-27H,17H2;(H,2,3,4,5)/t26?,27-;/m1./s1. The van der Waals surface area contributed by atoms with Crippen molar-refractivity contribution in [3.63, 3.8) is 0 Å². The van der Waals surface area contributed by atoms with E-state index in [2.05, 4.69) is 33.2 Å². The summed E-state index contributed by atoms with van der Waals surface area (Å²) in [5.41, 5.74) is 4.12. The summed E-state index contributed by atoms with van der Waals surface area (Å²) in [6.45, 7) is 0. The highest BCUT2D eigenvalue weighted by Crippen LogP contribution is 2.36. The van der Waals surface area contributed by atoms with E-state index in [4.69, 9.17) is 18.6 Å². The molecule has 4 aromatic carbocycles. The molecule has 0 radical (unpaired) electrons. The van der Waals surface area contributed by atoms with Gasteiger partial charge in [-0.3, -0.25) is 4.79 Å². The molecular formula is C28H23ClN4O5. The second kappa shape index (κ2) is 10.7. The van der Waals surface area contributed by atoms with E-state index in [1.54, 1.807) is 0 Å². The van der Waals surface area contributed by atoms with E-state index < -0.39 is 10.2 Å². The van der Waals surface area contributed by atoms with Crippen molar-refractivity contribution in [2.75, 3.05) is 0 Å². The van der Waals surface area contributed by atoms with Crippen LogP contribution in [-0.4, -0.2) is 15.7 Å². The van der Waals surface area contributed by atoms with E-state index in [1.807, 2.05) is 96.2 Å². The molecule has 2 atom stereocenters. The Morgan fingerprint density at radius 2 is 1.53 bits per heavy atom. The molecule has 1 N–H and O–H groups in total. The summed E-state index contributed by atoms with van der Waals surface area (Å²) in [6.07, 6.45) is 4.69. The molecule has 1 amide bonds. The molecule has 0 aliphatic heterocycles. The Balaban J connectivity index is 0.000000540. The third kappa shape index (κ3) is 5.72. The molecule has 1 aromatic heterocycles. The number of rotatable bonds is 4. The maximum absolute atomic E-state index is 13.5. The van der Waals surface area contributed by atoms with Crippen molar-refractivity contribution in [1.82, 2.24) is 15.1 Å². The van der Waals surface area contributed by atoms with Gasteiger partial charge in [0.25, 0.3) is 12.2 Å². The van der Waals surface area contributed by atoms with Crippen LogP contribution in [0.25, 0.3) is 16.5 Å². The summed E-state index contributed by atoms with van der Waals surface area (Å²) in [6, 6.07) is 32.2. The number of benzene rings is 4. The highest BCUT2D eigenvalue weighted by molar-refractivity contribution is 6.07. The van der Waals surface area contributed by atoms with Crippen molar-refractivity contribution in [1.29, 1.82) is 0 Å². The van der Waals surface area contributed by atoms with Gasteiger partial charge in [0, 0.05) is 17.1 Å². The van der Waals surface area contributed by atoms with E-state index >= 15 is 0 Å². The van der Waals surface area contributed by atoms with E-state index in [9.17, 15) is 4.79 Å². The molecule has 9 nitrogen and oxygen atoms in total. The van der Waals surface area contributed by atoms with Crippen molar-refractivity contribution in [2.24, 2.45) is 0 Å². The number of halogens is 1. The molecule has 1 aliphatic rings. The van der Waals surface area contributed by atoms with Gasteiger partial charge in [0.15, 0.2) is 0 Å². The molecule has 0 saturated carbocycles. The topological polar surface area (TPSA) is 143 Å². The Morgan fingerprint density at radius 3 is 2.32 bits per heavy atom.